The zero-order chi connectivity index (χ0) is 17.5. The van der Waals surface area contributed by atoms with Crippen LogP contribution in [0.3, 0.4) is 0 Å². The molecule has 140 valence electrons. The Morgan fingerprint density at radius 3 is 2.88 bits per heavy atom. The summed E-state index contributed by atoms with van der Waals surface area (Å²) in [4.78, 5) is 18.5. The van der Waals surface area contributed by atoms with Crippen LogP contribution in [0.25, 0.3) is 0 Å². The number of anilines is 1. The number of hydrogen-bond acceptors (Lipinski definition) is 3. The summed E-state index contributed by atoms with van der Waals surface area (Å²) in [6.07, 6.45) is 0. The molecule has 1 aromatic carbocycles. The van der Waals surface area contributed by atoms with E-state index in [1.807, 2.05) is 11.8 Å². The summed E-state index contributed by atoms with van der Waals surface area (Å²) < 4.78 is 13.1. The minimum atomic E-state index is -0.373. The first kappa shape index (κ1) is 22.0. The van der Waals surface area contributed by atoms with Crippen molar-refractivity contribution in [3.05, 3.63) is 30.1 Å². The first-order valence-electron chi connectivity index (χ1n) is 8.12. The standard InChI is InChI=1S/C17H25FN4OS.HI/c1-12(2)15-11-22(7-8-24-15)17(19-3)20-10-16(23)21-14-6-4-5-13(18)9-14;/h4-6,9,12,15H,7-8,10-11H2,1-3H3,(H,19,20)(H,21,23);1H. The van der Waals surface area contributed by atoms with Crippen molar-refractivity contribution in [3.8, 4) is 0 Å². The van der Waals surface area contributed by atoms with Crippen molar-refractivity contribution in [1.82, 2.24) is 10.2 Å². The normalized spacial score (nSPS) is 17.9. The molecule has 2 rings (SSSR count). The van der Waals surface area contributed by atoms with Gasteiger partial charge in [0.05, 0.1) is 6.54 Å². The Morgan fingerprint density at radius 1 is 1.48 bits per heavy atom. The van der Waals surface area contributed by atoms with Crippen molar-refractivity contribution in [3.63, 3.8) is 0 Å². The molecule has 1 fully saturated rings. The van der Waals surface area contributed by atoms with Gasteiger partial charge >= 0.3 is 0 Å². The van der Waals surface area contributed by atoms with E-state index in [2.05, 4.69) is 34.4 Å². The number of carbonyl (C=O) groups is 1. The Labute approximate surface area is 170 Å². The van der Waals surface area contributed by atoms with Crippen LogP contribution in [0.4, 0.5) is 10.1 Å². The van der Waals surface area contributed by atoms with E-state index in [4.69, 9.17) is 0 Å². The van der Waals surface area contributed by atoms with Gasteiger partial charge in [-0.2, -0.15) is 11.8 Å². The van der Waals surface area contributed by atoms with Gasteiger partial charge < -0.3 is 15.5 Å². The molecule has 0 aliphatic carbocycles. The van der Waals surface area contributed by atoms with Crippen LogP contribution < -0.4 is 10.6 Å². The van der Waals surface area contributed by atoms with E-state index in [1.54, 1.807) is 19.2 Å². The highest BCUT2D eigenvalue weighted by atomic mass is 127. The Balaban J connectivity index is 0.00000312. The fourth-order valence-electron chi connectivity index (χ4n) is 2.53. The van der Waals surface area contributed by atoms with E-state index in [-0.39, 0.29) is 42.2 Å². The molecule has 0 radical (unpaired) electrons. The summed E-state index contributed by atoms with van der Waals surface area (Å²) >= 11 is 1.99. The quantitative estimate of drug-likeness (QED) is 0.395. The van der Waals surface area contributed by atoms with Gasteiger partial charge in [0.25, 0.3) is 0 Å². The fourth-order valence-corrected chi connectivity index (χ4v) is 3.83. The lowest BCUT2D eigenvalue weighted by Gasteiger charge is -2.36. The number of nitrogens with zero attached hydrogens (tertiary/aromatic N) is 2. The first-order valence-corrected chi connectivity index (χ1v) is 9.17. The Hall–Kier alpha value is -1.03. The lowest BCUT2D eigenvalue weighted by Crippen LogP contribution is -2.50. The Kier molecular flexibility index (Phi) is 9.55. The number of nitrogens with one attached hydrogen (secondary N) is 2. The minimum absolute atomic E-state index is 0. The van der Waals surface area contributed by atoms with Crippen LogP contribution in [0.15, 0.2) is 29.3 Å². The second-order valence-corrected chi connectivity index (χ2v) is 7.41. The van der Waals surface area contributed by atoms with Gasteiger partial charge in [0, 0.05) is 36.8 Å². The summed E-state index contributed by atoms with van der Waals surface area (Å²) in [5.41, 5.74) is 0.450. The van der Waals surface area contributed by atoms with Gasteiger partial charge in [-0.1, -0.05) is 19.9 Å². The molecule has 0 bridgehead atoms. The maximum Gasteiger partial charge on any atom is 0.243 e. The molecule has 1 aliphatic heterocycles. The van der Waals surface area contributed by atoms with Crippen molar-refractivity contribution < 1.29 is 9.18 Å². The molecule has 1 saturated heterocycles. The summed E-state index contributed by atoms with van der Waals surface area (Å²) in [5, 5.41) is 6.34. The Morgan fingerprint density at radius 2 is 2.24 bits per heavy atom. The predicted molar refractivity (Wildman–Crippen MR) is 114 cm³/mol. The van der Waals surface area contributed by atoms with Crippen molar-refractivity contribution in [1.29, 1.82) is 0 Å². The fraction of sp³-hybridized carbons (Fsp3) is 0.529. The molecule has 2 N–H and O–H groups in total. The highest BCUT2D eigenvalue weighted by molar-refractivity contribution is 14.0. The average molecular weight is 480 g/mol. The van der Waals surface area contributed by atoms with Crippen molar-refractivity contribution in [2.45, 2.75) is 19.1 Å². The third-order valence-corrected chi connectivity index (χ3v) is 5.40. The summed E-state index contributed by atoms with van der Waals surface area (Å²) in [6, 6.07) is 5.86. The molecule has 1 aromatic rings. The van der Waals surface area contributed by atoms with E-state index >= 15 is 0 Å². The highest BCUT2D eigenvalue weighted by Crippen LogP contribution is 2.24. The van der Waals surface area contributed by atoms with Crippen LogP contribution in [0.1, 0.15) is 13.8 Å². The van der Waals surface area contributed by atoms with Gasteiger partial charge in [0.15, 0.2) is 5.96 Å². The van der Waals surface area contributed by atoms with Crippen LogP contribution in [-0.2, 0) is 4.79 Å². The molecular weight excluding hydrogens is 454 g/mol. The number of rotatable bonds is 4. The number of hydrogen-bond donors (Lipinski definition) is 2. The summed E-state index contributed by atoms with van der Waals surface area (Å²) in [7, 11) is 1.72. The third-order valence-electron chi connectivity index (χ3n) is 3.86. The molecule has 0 spiro atoms. The summed E-state index contributed by atoms with van der Waals surface area (Å²) in [5.74, 6) is 1.79. The van der Waals surface area contributed by atoms with Crippen molar-refractivity contribution >= 4 is 53.3 Å². The zero-order valence-corrected chi connectivity index (χ0v) is 17.9. The predicted octanol–water partition coefficient (Wildman–Crippen LogP) is 3.03. The molecule has 5 nitrogen and oxygen atoms in total. The van der Waals surface area contributed by atoms with Gasteiger partial charge in [-0.05, 0) is 24.1 Å². The second-order valence-electron chi connectivity index (χ2n) is 6.06. The molecular formula is C17H26FIN4OS. The molecule has 1 amide bonds. The third kappa shape index (κ3) is 7.01. The first-order chi connectivity index (χ1) is 11.5. The van der Waals surface area contributed by atoms with E-state index in [1.165, 1.54) is 12.1 Å². The molecule has 1 aliphatic rings. The molecule has 0 saturated carbocycles. The number of benzene rings is 1. The van der Waals surface area contributed by atoms with Gasteiger partial charge in [0.1, 0.15) is 5.82 Å². The molecule has 0 aromatic heterocycles. The second kappa shape index (κ2) is 10.8. The average Bonchev–Trinajstić information content (AvgIpc) is 2.55. The Bertz CT molecular complexity index is 600. The number of halogens is 2. The smallest absolute Gasteiger partial charge is 0.243 e. The van der Waals surface area contributed by atoms with Crippen molar-refractivity contribution in [2.24, 2.45) is 10.9 Å². The van der Waals surface area contributed by atoms with Gasteiger partial charge in [-0.25, -0.2) is 4.39 Å². The van der Waals surface area contributed by atoms with E-state index < -0.39 is 0 Å². The zero-order valence-electron chi connectivity index (χ0n) is 14.8. The number of amides is 1. The summed E-state index contributed by atoms with van der Waals surface area (Å²) in [6.45, 7) is 6.39. The van der Waals surface area contributed by atoms with E-state index in [0.717, 1.165) is 24.8 Å². The lowest BCUT2D eigenvalue weighted by molar-refractivity contribution is -0.115. The lowest BCUT2D eigenvalue weighted by atomic mass is 10.1. The minimum Gasteiger partial charge on any atom is -0.347 e. The number of thioether (sulfide) groups is 1. The SMILES string of the molecule is CN=C(NCC(=O)Nc1cccc(F)c1)N1CCSC(C(C)C)C1.I. The van der Waals surface area contributed by atoms with Gasteiger partial charge in [-0.3, -0.25) is 9.79 Å². The van der Waals surface area contributed by atoms with Crippen molar-refractivity contribution in [2.75, 3.05) is 37.8 Å². The largest absolute Gasteiger partial charge is 0.347 e. The maximum absolute atomic E-state index is 13.1. The molecule has 8 heteroatoms. The topological polar surface area (TPSA) is 56.7 Å². The molecule has 1 atom stereocenters. The van der Waals surface area contributed by atoms with E-state index in [9.17, 15) is 9.18 Å². The number of aliphatic imine (C=N–C) groups is 1. The monoisotopic (exact) mass is 480 g/mol. The van der Waals surface area contributed by atoms with Gasteiger partial charge in [-0.15, -0.1) is 24.0 Å². The highest BCUT2D eigenvalue weighted by Gasteiger charge is 2.25. The van der Waals surface area contributed by atoms with E-state index in [0.29, 0.717) is 16.9 Å². The number of carbonyl (C=O) groups excluding carboxylic acids is 1. The van der Waals surface area contributed by atoms with Crippen LogP contribution in [-0.4, -0.2) is 54.5 Å². The molecule has 1 heterocycles. The maximum atomic E-state index is 13.1. The van der Waals surface area contributed by atoms with Crippen LogP contribution >= 0.6 is 35.7 Å². The molecule has 1 unspecified atom stereocenters. The number of guanidine groups is 1. The molecule has 25 heavy (non-hydrogen) atoms. The van der Waals surface area contributed by atoms with Crippen LogP contribution in [0.2, 0.25) is 0 Å². The van der Waals surface area contributed by atoms with Gasteiger partial charge in [0.2, 0.25) is 5.91 Å². The van der Waals surface area contributed by atoms with Crippen LogP contribution in [0, 0.1) is 11.7 Å². The van der Waals surface area contributed by atoms with Crippen LogP contribution in [0.5, 0.6) is 0 Å².